The summed E-state index contributed by atoms with van der Waals surface area (Å²) in [4.78, 5) is 11.8. The summed E-state index contributed by atoms with van der Waals surface area (Å²) in [7, 11) is 0. The second-order valence-corrected chi connectivity index (χ2v) is 4.68. The summed E-state index contributed by atoms with van der Waals surface area (Å²) in [5, 5.41) is 2.72. The molecule has 1 N–H and O–H groups in total. The minimum absolute atomic E-state index is 0.118. The number of halogens is 3. The van der Waals surface area contributed by atoms with Crippen LogP contribution in [0.4, 0.5) is 8.78 Å². The van der Waals surface area contributed by atoms with Gasteiger partial charge in [-0.15, -0.1) is 0 Å². The van der Waals surface area contributed by atoms with Gasteiger partial charge in [-0.25, -0.2) is 0 Å². The Morgan fingerprint density at radius 2 is 2.18 bits per heavy atom. The van der Waals surface area contributed by atoms with Crippen LogP contribution in [0.5, 0.6) is 5.75 Å². The van der Waals surface area contributed by atoms with Gasteiger partial charge < -0.3 is 10.1 Å². The number of carbonyl (C=O) groups excluding carboxylic acids is 1. The molecule has 92 valence electrons. The minimum Gasteiger partial charge on any atom is -0.434 e. The normalized spacial score (nSPS) is 14.8. The molecular formula is C11H10BrF2NO2. The van der Waals surface area contributed by atoms with Crippen LogP contribution in [0.1, 0.15) is 23.2 Å². The highest BCUT2D eigenvalue weighted by Crippen LogP contribution is 2.27. The van der Waals surface area contributed by atoms with Gasteiger partial charge in [0, 0.05) is 10.5 Å². The van der Waals surface area contributed by atoms with Crippen LogP contribution >= 0.6 is 15.9 Å². The zero-order valence-electron chi connectivity index (χ0n) is 8.75. The van der Waals surface area contributed by atoms with Crippen molar-refractivity contribution in [3.63, 3.8) is 0 Å². The largest absolute Gasteiger partial charge is 0.434 e. The summed E-state index contributed by atoms with van der Waals surface area (Å²) in [5.41, 5.74) is 0.125. The lowest BCUT2D eigenvalue weighted by atomic mass is 10.2. The lowest BCUT2D eigenvalue weighted by Gasteiger charge is -2.11. The van der Waals surface area contributed by atoms with E-state index in [2.05, 4.69) is 26.0 Å². The van der Waals surface area contributed by atoms with Crippen LogP contribution in [-0.2, 0) is 0 Å². The van der Waals surface area contributed by atoms with E-state index < -0.39 is 6.61 Å². The van der Waals surface area contributed by atoms with Crippen LogP contribution in [0, 0.1) is 0 Å². The Bertz CT molecular complexity index is 435. The lowest BCUT2D eigenvalue weighted by molar-refractivity contribution is -0.0502. The fraction of sp³-hybridized carbons (Fsp3) is 0.364. The molecule has 3 nitrogen and oxygen atoms in total. The number of carbonyl (C=O) groups is 1. The average molecular weight is 306 g/mol. The van der Waals surface area contributed by atoms with E-state index >= 15 is 0 Å². The van der Waals surface area contributed by atoms with Crippen LogP contribution in [0.2, 0.25) is 0 Å². The van der Waals surface area contributed by atoms with E-state index in [0.29, 0.717) is 4.47 Å². The Labute approximate surface area is 105 Å². The number of ether oxygens (including phenoxy) is 1. The molecule has 1 aromatic carbocycles. The van der Waals surface area contributed by atoms with Crippen LogP contribution in [0.25, 0.3) is 0 Å². The van der Waals surface area contributed by atoms with Crippen LogP contribution in [-0.4, -0.2) is 18.6 Å². The molecule has 0 aliphatic heterocycles. The van der Waals surface area contributed by atoms with Crippen molar-refractivity contribution in [3.8, 4) is 5.75 Å². The van der Waals surface area contributed by atoms with Gasteiger partial charge >= 0.3 is 6.61 Å². The molecule has 0 unspecified atom stereocenters. The van der Waals surface area contributed by atoms with Gasteiger partial charge in [-0.1, -0.05) is 15.9 Å². The summed E-state index contributed by atoms with van der Waals surface area (Å²) >= 11 is 3.14. The van der Waals surface area contributed by atoms with Gasteiger partial charge in [0.15, 0.2) is 0 Å². The van der Waals surface area contributed by atoms with Gasteiger partial charge in [0.05, 0.1) is 5.56 Å². The Morgan fingerprint density at radius 1 is 1.47 bits per heavy atom. The van der Waals surface area contributed by atoms with E-state index in [1.807, 2.05) is 0 Å². The second kappa shape index (κ2) is 5.00. The third kappa shape index (κ3) is 3.39. The molecule has 1 aliphatic carbocycles. The van der Waals surface area contributed by atoms with Gasteiger partial charge in [-0.2, -0.15) is 8.78 Å². The molecule has 2 rings (SSSR count). The van der Waals surface area contributed by atoms with E-state index in [4.69, 9.17) is 0 Å². The number of hydrogen-bond donors (Lipinski definition) is 1. The van der Waals surface area contributed by atoms with Crippen molar-refractivity contribution in [3.05, 3.63) is 28.2 Å². The number of amides is 1. The summed E-state index contributed by atoms with van der Waals surface area (Å²) in [6.45, 7) is -2.95. The van der Waals surface area contributed by atoms with Crippen LogP contribution in [0.15, 0.2) is 22.7 Å². The third-order valence-electron chi connectivity index (χ3n) is 2.32. The number of rotatable bonds is 4. The molecule has 6 heteroatoms. The topological polar surface area (TPSA) is 38.3 Å². The second-order valence-electron chi connectivity index (χ2n) is 3.77. The summed E-state index contributed by atoms with van der Waals surface area (Å²) in [5.74, 6) is -0.497. The minimum atomic E-state index is -2.95. The van der Waals surface area contributed by atoms with Gasteiger partial charge in [-0.3, -0.25) is 4.79 Å². The Balaban J connectivity index is 2.20. The van der Waals surface area contributed by atoms with Gasteiger partial charge in [0.25, 0.3) is 5.91 Å². The Hall–Kier alpha value is -1.17. The number of benzene rings is 1. The molecule has 1 amide bonds. The van der Waals surface area contributed by atoms with E-state index in [0.717, 1.165) is 12.8 Å². The molecule has 0 spiro atoms. The summed E-state index contributed by atoms with van der Waals surface area (Å²) in [6, 6.07) is 4.60. The number of alkyl halides is 2. The highest BCUT2D eigenvalue weighted by atomic mass is 79.9. The van der Waals surface area contributed by atoms with E-state index in [1.165, 1.54) is 12.1 Å². The van der Waals surface area contributed by atoms with E-state index in [1.54, 1.807) is 6.07 Å². The third-order valence-corrected chi connectivity index (χ3v) is 2.81. The Kier molecular flexibility index (Phi) is 3.61. The molecule has 1 fully saturated rings. The Morgan fingerprint density at radius 3 is 2.76 bits per heavy atom. The van der Waals surface area contributed by atoms with Crippen LogP contribution < -0.4 is 10.1 Å². The van der Waals surface area contributed by atoms with Crippen molar-refractivity contribution in [2.45, 2.75) is 25.5 Å². The fourth-order valence-electron chi connectivity index (χ4n) is 1.37. The first kappa shape index (κ1) is 12.3. The SMILES string of the molecule is O=C(NC1CC1)c1ccc(Br)cc1OC(F)F. The molecule has 1 aromatic rings. The van der Waals surface area contributed by atoms with Crippen molar-refractivity contribution in [2.75, 3.05) is 0 Å². The van der Waals surface area contributed by atoms with Crippen molar-refractivity contribution >= 4 is 21.8 Å². The molecule has 17 heavy (non-hydrogen) atoms. The quantitative estimate of drug-likeness (QED) is 0.929. The van der Waals surface area contributed by atoms with Gasteiger partial charge in [-0.05, 0) is 31.0 Å². The monoisotopic (exact) mass is 305 g/mol. The van der Waals surface area contributed by atoms with Crippen molar-refractivity contribution in [2.24, 2.45) is 0 Å². The smallest absolute Gasteiger partial charge is 0.387 e. The van der Waals surface area contributed by atoms with Gasteiger partial charge in [0.2, 0.25) is 0 Å². The first-order valence-corrected chi connectivity index (χ1v) is 5.91. The predicted molar refractivity (Wildman–Crippen MR) is 61.3 cm³/mol. The summed E-state index contributed by atoms with van der Waals surface area (Å²) < 4.78 is 29.3. The van der Waals surface area contributed by atoms with Crippen molar-refractivity contribution in [1.82, 2.24) is 5.32 Å². The molecular weight excluding hydrogens is 296 g/mol. The first-order valence-electron chi connectivity index (χ1n) is 5.11. The first-order chi connectivity index (χ1) is 8.06. The molecule has 0 saturated heterocycles. The number of hydrogen-bond acceptors (Lipinski definition) is 2. The predicted octanol–water partition coefficient (Wildman–Crippen LogP) is 2.94. The molecule has 0 bridgehead atoms. The molecule has 0 radical (unpaired) electrons. The maximum absolute atomic E-state index is 12.2. The maximum atomic E-state index is 12.2. The lowest BCUT2D eigenvalue weighted by Crippen LogP contribution is -2.26. The molecule has 1 saturated carbocycles. The zero-order chi connectivity index (χ0) is 12.4. The molecule has 0 aromatic heterocycles. The van der Waals surface area contributed by atoms with Crippen molar-refractivity contribution < 1.29 is 18.3 Å². The molecule has 0 heterocycles. The van der Waals surface area contributed by atoms with Crippen molar-refractivity contribution in [1.29, 1.82) is 0 Å². The maximum Gasteiger partial charge on any atom is 0.387 e. The fourth-order valence-corrected chi connectivity index (χ4v) is 1.71. The standard InChI is InChI=1S/C11H10BrF2NO2/c12-6-1-4-8(9(5-6)17-11(13)14)10(16)15-7-2-3-7/h1,4-5,7,11H,2-3H2,(H,15,16). The van der Waals surface area contributed by atoms with E-state index in [-0.39, 0.29) is 23.3 Å². The van der Waals surface area contributed by atoms with E-state index in [9.17, 15) is 13.6 Å². The zero-order valence-corrected chi connectivity index (χ0v) is 10.3. The molecule has 1 aliphatic rings. The highest BCUT2D eigenvalue weighted by Gasteiger charge is 2.25. The summed E-state index contributed by atoms with van der Waals surface area (Å²) in [6.07, 6.45) is 1.88. The number of nitrogens with one attached hydrogen (secondary N) is 1. The molecule has 0 atom stereocenters. The van der Waals surface area contributed by atoms with Gasteiger partial charge in [0.1, 0.15) is 5.75 Å². The average Bonchev–Trinajstić information content (AvgIpc) is 3.00. The highest BCUT2D eigenvalue weighted by molar-refractivity contribution is 9.10. The van der Waals surface area contributed by atoms with Crippen LogP contribution in [0.3, 0.4) is 0 Å².